The van der Waals surface area contributed by atoms with Crippen molar-refractivity contribution in [1.29, 1.82) is 0 Å². The van der Waals surface area contributed by atoms with Crippen LogP contribution in [-0.2, 0) is 6.42 Å². The number of anilines is 1. The largest absolute Gasteiger partial charge is 0.409 e. The summed E-state index contributed by atoms with van der Waals surface area (Å²) in [6.07, 6.45) is 0.340. The number of nitrogens with two attached hydrogens (primary N) is 1. The van der Waals surface area contributed by atoms with Gasteiger partial charge in [0, 0.05) is 18.2 Å². The van der Waals surface area contributed by atoms with Gasteiger partial charge in [0.05, 0.1) is 0 Å². The van der Waals surface area contributed by atoms with Gasteiger partial charge >= 0.3 is 0 Å². The minimum absolute atomic E-state index is 0.125. The summed E-state index contributed by atoms with van der Waals surface area (Å²) in [4.78, 5) is 11.8. The second-order valence-electron chi connectivity index (χ2n) is 4.24. The number of carbonyl (C=O) groups is 1. The van der Waals surface area contributed by atoms with Crippen molar-refractivity contribution in [2.24, 2.45) is 10.9 Å². The summed E-state index contributed by atoms with van der Waals surface area (Å²) in [6, 6.07) is 8.57. The summed E-state index contributed by atoms with van der Waals surface area (Å²) in [7, 11) is 0. The molecule has 0 spiro atoms. The molecule has 1 aromatic carbocycles. The van der Waals surface area contributed by atoms with Gasteiger partial charge in [0.2, 0.25) is 0 Å². The number of nitrogens with zero attached hydrogens (tertiary/aromatic N) is 2. The molecular weight excluding hydrogens is 260 g/mol. The van der Waals surface area contributed by atoms with Crippen molar-refractivity contribution in [1.82, 2.24) is 5.16 Å². The maximum Gasteiger partial charge on any atom is 0.277 e. The first-order valence-corrected chi connectivity index (χ1v) is 5.88. The fourth-order valence-electron chi connectivity index (χ4n) is 1.62. The van der Waals surface area contributed by atoms with E-state index in [0.717, 1.165) is 5.56 Å². The Morgan fingerprint density at radius 2 is 2.15 bits per heavy atom. The average molecular weight is 274 g/mol. The summed E-state index contributed by atoms with van der Waals surface area (Å²) >= 11 is 0. The van der Waals surface area contributed by atoms with E-state index >= 15 is 0 Å². The highest BCUT2D eigenvalue weighted by molar-refractivity contribution is 6.02. The molecule has 0 atom stereocenters. The molecular formula is C13H14N4O3. The molecule has 0 radical (unpaired) electrons. The molecule has 1 amide bonds. The monoisotopic (exact) mass is 274 g/mol. The number of amidine groups is 1. The Hall–Kier alpha value is -2.83. The van der Waals surface area contributed by atoms with Crippen LogP contribution in [0.4, 0.5) is 5.69 Å². The van der Waals surface area contributed by atoms with Crippen LogP contribution in [0.3, 0.4) is 0 Å². The van der Waals surface area contributed by atoms with Crippen molar-refractivity contribution in [2.75, 3.05) is 5.32 Å². The lowest BCUT2D eigenvalue weighted by molar-refractivity contribution is 0.101. The quantitative estimate of drug-likeness (QED) is 0.338. The fourth-order valence-corrected chi connectivity index (χ4v) is 1.62. The Bertz CT molecular complexity index is 631. The molecule has 104 valence electrons. The first kappa shape index (κ1) is 13.6. The predicted molar refractivity (Wildman–Crippen MR) is 72.7 cm³/mol. The van der Waals surface area contributed by atoms with Crippen LogP contribution in [0.25, 0.3) is 0 Å². The van der Waals surface area contributed by atoms with E-state index in [0.29, 0.717) is 17.9 Å². The SMILES string of the molecule is Cc1cc(C(=O)Nc2ccc(CC(N)=NO)cc2)no1. The molecule has 0 saturated carbocycles. The van der Waals surface area contributed by atoms with Gasteiger partial charge in [0.15, 0.2) is 5.69 Å². The highest BCUT2D eigenvalue weighted by Gasteiger charge is 2.10. The molecule has 1 aromatic heterocycles. The van der Waals surface area contributed by atoms with Crippen molar-refractivity contribution in [3.05, 3.63) is 47.3 Å². The van der Waals surface area contributed by atoms with Gasteiger partial charge in [-0.05, 0) is 24.6 Å². The van der Waals surface area contributed by atoms with Crippen LogP contribution in [-0.4, -0.2) is 22.1 Å². The van der Waals surface area contributed by atoms with Crippen LogP contribution < -0.4 is 11.1 Å². The third-order valence-corrected chi connectivity index (χ3v) is 2.59. The smallest absolute Gasteiger partial charge is 0.277 e. The Morgan fingerprint density at radius 1 is 1.45 bits per heavy atom. The van der Waals surface area contributed by atoms with E-state index in [1.807, 2.05) is 0 Å². The lowest BCUT2D eigenvalue weighted by Crippen LogP contribution is -2.15. The lowest BCUT2D eigenvalue weighted by Gasteiger charge is -2.04. The average Bonchev–Trinajstić information content (AvgIpc) is 2.87. The Labute approximate surface area is 115 Å². The number of amides is 1. The Kier molecular flexibility index (Phi) is 3.99. The number of oxime groups is 1. The van der Waals surface area contributed by atoms with Gasteiger partial charge in [-0.15, -0.1) is 0 Å². The van der Waals surface area contributed by atoms with Crippen LogP contribution in [0.2, 0.25) is 0 Å². The zero-order valence-corrected chi connectivity index (χ0v) is 10.8. The predicted octanol–water partition coefficient (Wildman–Crippen LogP) is 1.52. The number of hydrogen-bond acceptors (Lipinski definition) is 5. The number of hydrogen-bond donors (Lipinski definition) is 3. The van der Waals surface area contributed by atoms with E-state index in [1.54, 1.807) is 37.3 Å². The summed E-state index contributed by atoms with van der Waals surface area (Å²) in [5, 5.41) is 17.7. The third kappa shape index (κ3) is 3.35. The molecule has 0 bridgehead atoms. The molecule has 0 aliphatic heterocycles. The van der Waals surface area contributed by atoms with Crippen molar-refractivity contribution >= 4 is 17.4 Å². The number of aryl methyl sites for hydroxylation is 1. The number of carbonyl (C=O) groups excluding carboxylic acids is 1. The molecule has 0 saturated heterocycles. The normalized spacial score (nSPS) is 11.3. The zero-order valence-electron chi connectivity index (χ0n) is 10.8. The van der Waals surface area contributed by atoms with E-state index in [1.165, 1.54) is 0 Å². The molecule has 2 aromatic rings. The highest BCUT2D eigenvalue weighted by atomic mass is 16.5. The van der Waals surface area contributed by atoms with Crippen LogP contribution in [0.5, 0.6) is 0 Å². The topological polar surface area (TPSA) is 114 Å². The van der Waals surface area contributed by atoms with Gasteiger partial charge in [0.25, 0.3) is 5.91 Å². The Morgan fingerprint density at radius 3 is 2.70 bits per heavy atom. The minimum atomic E-state index is -0.342. The minimum Gasteiger partial charge on any atom is -0.409 e. The molecule has 0 unspecified atom stereocenters. The molecule has 0 fully saturated rings. The second-order valence-corrected chi connectivity index (χ2v) is 4.24. The molecule has 1 heterocycles. The fraction of sp³-hybridized carbons (Fsp3) is 0.154. The molecule has 2 rings (SSSR count). The van der Waals surface area contributed by atoms with Gasteiger partial charge < -0.3 is 20.8 Å². The van der Waals surface area contributed by atoms with Crippen LogP contribution in [0.1, 0.15) is 21.8 Å². The van der Waals surface area contributed by atoms with Gasteiger partial charge in [0.1, 0.15) is 11.6 Å². The molecule has 4 N–H and O–H groups in total. The van der Waals surface area contributed by atoms with E-state index in [9.17, 15) is 4.79 Å². The van der Waals surface area contributed by atoms with E-state index in [-0.39, 0.29) is 17.4 Å². The van der Waals surface area contributed by atoms with Gasteiger partial charge in [-0.3, -0.25) is 4.79 Å². The van der Waals surface area contributed by atoms with E-state index in [2.05, 4.69) is 15.6 Å². The molecule has 0 aliphatic carbocycles. The first-order chi connectivity index (χ1) is 9.58. The Balaban J connectivity index is 2.02. The molecule has 0 aliphatic rings. The van der Waals surface area contributed by atoms with Gasteiger partial charge in [-0.25, -0.2) is 0 Å². The summed E-state index contributed by atoms with van der Waals surface area (Å²) in [5.74, 6) is 0.357. The van der Waals surface area contributed by atoms with Crippen LogP contribution in [0, 0.1) is 6.92 Å². The lowest BCUT2D eigenvalue weighted by atomic mass is 10.1. The number of nitrogens with one attached hydrogen (secondary N) is 1. The molecule has 7 heteroatoms. The van der Waals surface area contributed by atoms with Crippen molar-refractivity contribution in [3.8, 4) is 0 Å². The summed E-state index contributed by atoms with van der Waals surface area (Å²) in [6.45, 7) is 1.71. The standard InChI is InChI=1S/C13H14N4O3/c1-8-6-11(17-20-8)13(18)15-10-4-2-9(3-5-10)7-12(14)16-19/h2-6,19H,7H2,1H3,(H2,14,16)(H,15,18). The zero-order chi connectivity index (χ0) is 14.5. The van der Waals surface area contributed by atoms with Crippen molar-refractivity contribution in [2.45, 2.75) is 13.3 Å². The molecule has 7 nitrogen and oxygen atoms in total. The number of rotatable bonds is 4. The first-order valence-electron chi connectivity index (χ1n) is 5.88. The van der Waals surface area contributed by atoms with Gasteiger partial charge in [-0.1, -0.05) is 22.4 Å². The van der Waals surface area contributed by atoms with Crippen LogP contribution in [0.15, 0.2) is 40.0 Å². The van der Waals surface area contributed by atoms with Gasteiger partial charge in [-0.2, -0.15) is 0 Å². The second kappa shape index (κ2) is 5.87. The van der Waals surface area contributed by atoms with Crippen molar-refractivity contribution in [3.63, 3.8) is 0 Å². The maximum absolute atomic E-state index is 11.8. The summed E-state index contributed by atoms with van der Waals surface area (Å²) < 4.78 is 4.84. The summed E-state index contributed by atoms with van der Waals surface area (Å²) in [5.41, 5.74) is 7.13. The molecule has 20 heavy (non-hydrogen) atoms. The highest BCUT2D eigenvalue weighted by Crippen LogP contribution is 2.12. The third-order valence-electron chi connectivity index (χ3n) is 2.59. The number of aromatic nitrogens is 1. The van der Waals surface area contributed by atoms with E-state index in [4.69, 9.17) is 15.5 Å². The van der Waals surface area contributed by atoms with Crippen molar-refractivity contribution < 1.29 is 14.5 Å². The number of benzene rings is 1. The van der Waals surface area contributed by atoms with E-state index < -0.39 is 0 Å². The maximum atomic E-state index is 11.8. The van der Waals surface area contributed by atoms with Crippen LogP contribution >= 0.6 is 0 Å².